The first kappa shape index (κ1) is 22.8. The average Bonchev–Trinajstić information content (AvgIpc) is 3.30. The van der Waals surface area contributed by atoms with E-state index in [4.69, 9.17) is 0 Å². The molecule has 5 nitrogen and oxygen atoms in total. The highest BCUT2D eigenvalue weighted by Crippen LogP contribution is 2.42. The minimum absolute atomic E-state index is 0.0386. The van der Waals surface area contributed by atoms with Crippen molar-refractivity contribution in [3.8, 4) is 5.75 Å². The van der Waals surface area contributed by atoms with Gasteiger partial charge in [0.25, 0.3) is 5.69 Å². The van der Waals surface area contributed by atoms with Crippen molar-refractivity contribution in [1.82, 2.24) is 4.90 Å². The van der Waals surface area contributed by atoms with Crippen molar-refractivity contribution in [3.63, 3.8) is 0 Å². The molecule has 6 heteroatoms. The van der Waals surface area contributed by atoms with Gasteiger partial charge in [0.1, 0.15) is 5.75 Å². The Kier molecular flexibility index (Phi) is 6.57. The lowest BCUT2D eigenvalue weighted by Crippen LogP contribution is -2.28. The van der Waals surface area contributed by atoms with E-state index in [0.29, 0.717) is 18.7 Å². The van der Waals surface area contributed by atoms with Crippen molar-refractivity contribution < 1.29 is 10.0 Å². The van der Waals surface area contributed by atoms with Crippen LogP contribution in [0.15, 0.2) is 109 Å². The van der Waals surface area contributed by atoms with Crippen LogP contribution in [0.2, 0.25) is 0 Å². The van der Waals surface area contributed by atoms with Crippen LogP contribution in [0.5, 0.6) is 5.75 Å². The second-order valence-electron chi connectivity index (χ2n) is 8.47. The maximum absolute atomic E-state index is 11.6. The molecule has 35 heavy (non-hydrogen) atoms. The van der Waals surface area contributed by atoms with E-state index < -0.39 is 4.92 Å². The highest BCUT2D eigenvalue weighted by atomic mass is 32.1. The molecular weight excluding hydrogens is 456 g/mol. The van der Waals surface area contributed by atoms with Gasteiger partial charge < -0.3 is 5.11 Å². The molecule has 0 aliphatic carbocycles. The summed E-state index contributed by atoms with van der Waals surface area (Å²) in [5.74, 6) is 0.0455. The highest BCUT2D eigenvalue weighted by molar-refractivity contribution is 7.19. The zero-order valence-corrected chi connectivity index (χ0v) is 19.8. The molecule has 0 aliphatic rings. The maximum Gasteiger partial charge on any atom is 0.270 e. The van der Waals surface area contributed by atoms with Gasteiger partial charge in [0, 0.05) is 40.4 Å². The molecule has 0 saturated carbocycles. The number of nitro benzene ring substituents is 1. The number of non-ortho nitro benzene ring substituents is 1. The quantitative estimate of drug-likeness (QED) is 0.187. The van der Waals surface area contributed by atoms with E-state index >= 15 is 0 Å². The van der Waals surface area contributed by atoms with Crippen LogP contribution in [0.4, 0.5) is 5.69 Å². The van der Waals surface area contributed by atoms with Gasteiger partial charge in [0.15, 0.2) is 0 Å². The van der Waals surface area contributed by atoms with Gasteiger partial charge in [0.05, 0.1) is 11.0 Å². The second kappa shape index (κ2) is 10.1. The van der Waals surface area contributed by atoms with E-state index in [9.17, 15) is 15.2 Å². The van der Waals surface area contributed by atoms with Gasteiger partial charge in [-0.3, -0.25) is 15.0 Å². The van der Waals surface area contributed by atoms with E-state index in [0.717, 1.165) is 26.1 Å². The maximum atomic E-state index is 11.6. The third-order valence-corrected chi connectivity index (χ3v) is 7.22. The number of aromatic hydroxyl groups is 1. The molecule has 1 unspecified atom stereocenters. The Morgan fingerprint density at radius 3 is 2.00 bits per heavy atom. The Morgan fingerprint density at radius 2 is 1.40 bits per heavy atom. The second-order valence-corrected chi connectivity index (χ2v) is 9.58. The van der Waals surface area contributed by atoms with E-state index in [1.165, 1.54) is 18.2 Å². The monoisotopic (exact) mass is 480 g/mol. The van der Waals surface area contributed by atoms with E-state index in [-0.39, 0.29) is 17.5 Å². The molecule has 0 spiro atoms. The SMILES string of the molecule is O=[N+]([O-])c1ccc(O)c(C(c2cc3ccccc3s2)N(Cc2ccccc2)Cc2ccccc2)c1. The van der Waals surface area contributed by atoms with E-state index in [2.05, 4.69) is 47.4 Å². The number of hydrogen-bond donors (Lipinski definition) is 1. The molecule has 0 radical (unpaired) electrons. The van der Waals surface area contributed by atoms with Gasteiger partial charge in [-0.1, -0.05) is 78.9 Å². The Hall–Kier alpha value is -4.00. The molecule has 0 saturated heterocycles. The number of benzene rings is 4. The predicted octanol–water partition coefficient (Wildman–Crippen LogP) is 7.31. The smallest absolute Gasteiger partial charge is 0.270 e. The van der Waals surface area contributed by atoms with Gasteiger partial charge in [-0.05, 0) is 34.7 Å². The summed E-state index contributed by atoms with van der Waals surface area (Å²) in [6.45, 7) is 1.22. The Labute approximate surface area is 207 Å². The number of phenols is 1. The van der Waals surface area contributed by atoms with Gasteiger partial charge in [0.2, 0.25) is 0 Å². The zero-order valence-electron chi connectivity index (χ0n) is 19.0. The molecule has 4 aromatic carbocycles. The molecule has 0 aliphatic heterocycles. The van der Waals surface area contributed by atoms with Crippen LogP contribution in [0.1, 0.15) is 27.6 Å². The third kappa shape index (κ3) is 5.09. The van der Waals surface area contributed by atoms with Crippen molar-refractivity contribution >= 4 is 27.1 Å². The summed E-state index contributed by atoms with van der Waals surface area (Å²) in [5.41, 5.74) is 2.74. The molecule has 1 aromatic heterocycles. The molecule has 5 aromatic rings. The summed E-state index contributed by atoms with van der Waals surface area (Å²) < 4.78 is 1.14. The molecule has 5 rings (SSSR count). The first-order chi connectivity index (χ1) is 17.1. The van der Waals surface area contributed by atoms with Crippen LogP contribution < -0.4 is 0 Å². The van der Waals surface area contributed by atoms with Crippen molar-refractivity contribution in [1.29, 1.82) is 0 Å². The first-order valence-corrected chi connectivity index (χ1v) is 12.2. The molecule has 1 atom stereocenters. The Balaban J connectivity index is 1.69. The fourth-order valence-corrected chi connectivity index (χ4v) is 5.63. The van der Waals surface area contributed by atoms with Crippen molar-refractivity contribution in [2.75, 3.05) is 0 Å². The van der Waals surface area contributed by atoms with E-state index in [1.54, 1.807) is 11.3 Å². The van der Waals surface area contributed by atoms with Crippen molar-refractivity contribution in [2.45, 2.75) is 19.1 Å². The topological polar surface area (TPSA) is 66.6 Å². The Bertz CT molecular complexity index is 1380. The van der Waals surface area contributed by atoms with Crippen LogP contribution in [0.3, 0.4) is 0 Å². The van der Waals surface area contributed by atoms with Crippen molar-refractivity contribution in [2.24, 2.45) is 0 Å². The minimum atomic E-state index is -0.413. The number of phenolic OH excluding ortho intramolecular Hbond substituents is 1. The summed E-state index contributed by atoms with van der Waals surface area (Å²) in [6.07, 6.45) is 0. The van der Waals surface area contributed by atoms with E-state index in [1.807, 2.05) is 48.5 Å². The number of rotatable bonds is 8. The lowest BCUT2D eigenvalue weighted by Gasteiger charge is -2.32. The molecule has 0 amide bonds. The van der Waals surface area contributed by atoms with Crippen LogP contribution >= 0.6 is 11.3 Å². The molecule has 1 heterocycles. The van der Waals surface area contributed by atoms with Gasteiger partial charge in [-0.2, -0.15) is 0 Å². The van der Waals surface area contributed by atoms with Crippen LogP contribution in [-0.2, 0) is 13.1 Å². The summed E-state index contributed by atoms with van der Waals surface area (Å²) in [7, 11) is 0. The minimum Gasteiger partial charge on any atom is -0.508 e. The number of fused-ring (bicyclic) bond motifs is 1. The zero-order chi connectivity index (χ0) is 24.2. The highest BCUT2D eigenvalue weighted by Gasteiger charge is 2.29. The standard InChI is InChI=1S/C29H24N2O3S/c32-26-16-15-24(31(33)34)18-25(26)29(28-17-23-13-7-8-14-27(23)35-28)30(19-21-9-3-1-4-10-21)20-22-11-5-2-6-12-22/h1-18,29,32H,19-20H2. The Morgan fingerprint density at radius 1 is 0.800 bits per heavy atom. The summed E-state index contributed by atoms with van der Waals surface area (Å²) in [5, 5.41) is 23.7. The average molecular weight is 481 g/mol. The summed E-state index contributed by atoms with van der Waals surface area (Å²) in [6, 6.07) is 34.5. The first-order valence-electron chi connectivity index (χ1n) is 11.4. The molecule has 0 fully saturated rings. The fraction of sp³-hybridized carbons (Fsp3) is 0.103. The number of nitrogens with zero attached hydrogens (tertiary/aromatic N) is 2. The lowest BCUT2D eigenvalue weighted by atomic mass is 9.99. The van der Waals surface area contributed by atoms with Crippen LogP contribution in [0, 0.1) is 10.1 Å². The largest absolute Gasteiger partial charge is 0.508 e. The molecule has 0 bridgehead atoms. The third-order valence-electron chi connectivity index (χ3n) is 6.05. The number of hydrogen-bond acceptors (Lipinski definition) is 5. The summed E-state index contributed by atoms with van der Waals surface area (Å²) >= 11 is 1.65. The lowest BCUT2D eigenvalue weighted by molar-refractivity contribution is -0.385. The van der Waals surface area contributed by atoms with Gasteiger partial charge >= 0.3 is 0 Å². The van der Waals surface area contributed by atoms with Gasteiger partial charge in [-0.25, -0.2) is 0 Å². The normalized spacial score (nSPS) is 12.1. The predicted molar refractivity (Wildman–Crippen MR) is 141 cm³/mol. The molecular formula is C29H24N2O3S. The van der Waals surface area contributed by atoms with Crippen LogP contribution in [0.25, 0.3) is 10.1 Å². The van der Waals surface area contributed by atoms with Gasteiger partial charge in [-0.15, -0.1) is 11.3 Å². The molecule has 1 N–H and O–H groups in total. The fourth-order valence-electron chi connectivity index (χ4n) is 4.42. The number of nitro groups is 1. The molecule has 174 valence electrons. The summed E-state index contributed by atoms with van der Waals surface area (Å²) in [4.78, 5) is 14.5. The van der Waals surface area contributed by atoms with Crippen molar-refractivity contribution in [3.05, 3.63) is 141 Å². The van der Waals surface area contributed by atoms with Crippen LogP contribution in [-0.4, -0.2) is 14.9 Å². The number of thiophene rings is 1.